The molecule has 242 valence electrons. The summed E-state index contributed by atoms with van der Waals surface area (Å²) in [4.78, 5) is 12.7. The second kappa shape index (κ2) is 11.3. The Morgan fingerprint density at radius 1 is 0.640 bits per heavy atom. The summed E-state index contributed by atoms with van der Waals surface area (Å²) < 4.78 is 13.1. The summed E-state index contributed by atoms with van der Waals surface area (Å²) in [6.45, 7) is 2.23. The Kier molecular flexibility index (Phi) is 6.57. The molecule has 5 heteroatoms. The number of aromatic nitrogens is 2. The maximum atomic E-state index is 7.11. The zero-order valence-electron chi connectivity index (χ0n) is 27.9. The number of hydrogen-bond acceptors (Lipinski definition) is 5. The first-order chi connectivity index (χ1) is 24.7. The van der Waals surface area contributed by atoms with Crippen LogP contribution in [-0.4, -0.2) is 30.2 Å². The Balaban J connectivity index is 1.10. The van der Waals surface area contributed by atoms with Crippen LogP contribution in [-0.2, 0) is 5.60 Å². The fraction of sp³-hybridized carbons (Fsp3) is 0.156. The van der Waals surface area contributed by atoms with Crippen molar-refractivity contribution < 1.29 is 9.47 Å². The smallest absolute Gasteiger partial charge is 0.225 e. The average molecular weight is 650 g/mol. The number of fused-ring (bicyclic) bond motifs is 3. The van der Waals surface area contributed by atoms with Crippen LogP contribution in [0.1, 0.15) is 36.0 Å². The summed E-state index contributed by atoms with van der Waals surface area (Å²) in [5.74, 6) is 1.93. The molecule has 0 amide bonds. The summed E-state index contributed by atoms with van der Waals surface area (Å²) in [6, 6.07) is 43.1. The predicted octanol–water partition coefficient (Wildman–Crippen LogP) is 10.5. The van der Waals surface area contributed by atoms with E-state index < -0.39 is 5.60 Å². The van der Waals surface area contributed by atoms with E-state index in [9.17, 15) is 0 Å². The highest BCUT2D eigenvalue weighted by Gasteiger charge is 2.38. The molecule has 2 aliphatic rings. The molecule has 1 unspecified atom stereocenters. The van der Waals surface area contributed by atoms with Crippen LogP contribution in [0.4, 0.5) is 5.69 Å². The van der Waals surface area contributed by atoms with Crippen molar-refractivity contribution in [2.24, 2.45) is 0 Å². The van der Waals surface area contributed by atoms with Gasteiger partial charge in [0.2, 0.25) is 5.88 Å². The molecule has 10 rings (SSSR count). The SMILES string of the molecule is COc1nc(-c2ccc3ccc4cccc5ccc2c3c45)nc2ccc3c(c12)C=CC(c1ccccc1)(c1ccc(N2CCCCC2)cc1)O3. The Labute approximate surface area is 290 Å². The van der Waals surface area contributed by atoms with Gasteiger partial charge in [0.05, 0.1) is 18.0 Å². The van der Waals surface area contributed by atoms with Crippen molar-refractivity contribution in [2.75, 3.05) is 25.1 Å². The van der Waals surface area contributed by atoms with Crippen molar-refractivity contribution in [3.63, 3.8) is 0 Å². The summed E-state index contributed by atoms with van der Waals surface area (Å²) in [5, 5.41) is 8.16. The molecule has 7 aromatic carbocycles. The van der Waals surface area contributed by atoms with Crippen LogP contribution in [0.3, 0.4) is 0 Å². The van der Waals surface area contributed by atoms with Crippen LogP contribution in [0.2, 0.25) is 0 Å². The van der Waals surface area contributed by atoms with Gasteiger partial charge in [0.15, 0.2) is 11.4 Å². The van der Waals surface area contributed by atoms with E-state index in [1.165, 1.54) is 51.9 Å². The van der Waals surface area contributed by atoms with E-state index in [-0.39, 0.29) is 0 Å². The van der Waals surface area contributed by atoms with E-state index in [1.807, 2.05) is 18.2 Å². The molecule has 2 aliphatic heterocycles. The molecule has 1 aromatic heterocycles. The molecular weight excluding hydrogens is 615 g/mol. The summed E-state index contributed by atoms with van der Waals surface area (Å²) in [5.41, 5.74) is 5.33. The molecule has 1 fully saturated rings. The fourth-order valence-electron chi connectivity index (χ4n) is 8.29. The predicted molar refractivity (Wildman–Crippen MR) is 205 cm³/mol. The maximum Gasteiger partial charge on any atom is 0.225 e. The van der Waals surface area contributed by atoms with Crippen LogP contribution < -0.4 is 14.4 Å². The van der Waals surface area contributed by atoms with E-state index in [0.29, 0.717) is 11.7 Å². The third-order valence-electron chi connectivity index (χ3n) is 10.8. The molecule has 0 N–H and O–H groups in total. The van der Waals surface area contributed by atoms with Gasteiger partial charge in [0.25, 0.3) is 0 Å². The van der Waals surface area contributed by atoms with E-state index in [2.05, 4.69) is 120 Å². The van der Waals surface area contributed by atoms with Crippen molar-refractivity contribution in [1.82, 2.24) is 9.97 Å². The minimum absolute atomic E-state index is 0.527. The second-order valence-corrected chi connectivity index (χ2v) is 13.5. The highest BCUT2D eigenvalue weighted by molar-refractivity contribution is 6.25. The molecule has 5 nitrogen and oxygen atoms in total. The van der Waals surface area contributed by atoms with Crippen LogP contribution in [0.25, 0.3) is 60.7 Å². The van der Waals surface area contributed by atoms with Gasteiger partial charge >= 0.3 is 0 Å². The number of benzene rings is 7. The van der Waals surface area contributed by atoms with Gasteiger partial charge in [-0.05, 0) is 94.1 Å². The number of nitrogens with zero attached hydrogens (tertiary/aromatic N) is 3. The monoisotopic (exact) mass is 649 g/mol. The lowest BCUT2D eigenvalue weighted by molar-refractivity contribution is 0.161. The second-order valence-electron chi connectivity index (χ2n) is 13.5. The van der Waals surface area contributed by atoms with Crippen molar-refractivity contribution in [2.45, 2.75) is 24.9 Å². The molecule has 1 saturated heterocycles. The van der Waals surface area contributed by atoms with Gasteiger partial charge in [0, 0.05) is 41.0 Å². The third-order valence-corrected chi connectivity index (χ3v) is 10.8. The first-order valence-electron chi connectivity index (χ1n) is 17.6. The standard InChI is InChI=1S/C45H35N3O2/c1-49-44-42-37-25-26-45(32-11-4-2-5-12-32,33-17-19-34(20-18-33)48-27-6-3-7-28-48)50-39(37)24-23-38(42)46-43(47-44)36-22-16-31-14-13-29-9-8-10-30-15-21-35(36)41(31)40(29)30/h2,4-5,8-26H,3,6-7,27-28H2,1H3. The van der Waals surface area contributed by atoms with Crippen LogP contribution in [0.5, 0.6) is 11.6 Å². The topological polar surface area (TPSA) is 47.5 Å². The van der Waals surface area contributed by atoms with Crippen LogP contribution in [0, 0.1) is 0 Å². The normalized spacial score (nSPS) is 17.4. The van der Waals surface area contributed by atoms with Crippen LogP contribution >= 0.6 is 0 Å². The zero-order chi connectivity index (χ0) is 33.2. The highest BCUT2D eigenvalue weighted by Crippen LogP contribution is 2.46. The van der Waals surface area contributed by atoms with Gasteiger partial charge in [-0.3, -0.25) is 0 Å². The van der Waals surface area contributed by atoms with E-state index in [0.717, 1.165) is 57.4 Å². The highest BCUT2D eigenvalue weighted by atomic mass is 16.5. The Hall–Kier alpha value is -5.94. The molecule has 0 saturated carbocycles. The Morgan fingerprint density at radius 2 is 1.36 bits per heavy atom. The van der Waals surface area contributed by atoms with Gasteiger partial charge in [-0.1, -0.05) is 91.0 Å². The molecule has 50 heavy (non-hydrogen) atoms. The molecule has 3 heterocycles. The molecular formula is C45H35N3O2. The summed E-state index contributed by atoms with van der Waals surface area (Å²) in [7, 11) is 1.68. The number of piperidine rings is 1. The first-order valence-corrected chi connectivity index (χ1v) is 17.6. The average Bonchev–Trinajstić information content (AvgIpc) is 3.19. The minimum atomic E-state index is -0.794. The summed E-state index contributed by atoms with van der Waals surface area (Å²) >= 11 is 0. The largest absolute Gasteiger partial charge is 0.480 e. The minimum Gasteiger partial charge on any atom is -0.480 e. The molecule has 1 atom stereocenters. The third kappa shape index (κ3) is 4.39. The van der Waals surface area contributed by atoms with Crippen molar-refractivity contribution in [1.29, 1.82) is 0 Å². The lowest BCUT2D eigenvalue weighted by atomic mass is 9.83. The first kappa shape index (κ1) is 29.0. The zero-order valence-corrected chi connectivity index (χ0v) is 27.9. The molecule has 8 aromatic rings. The fourth-order valence-corrected chi connectivity index (χ4v) is 8.29. The molecule has 0 bridgehead atoms. The van der Waals surface area contributed by atoms with E-state index in [4.69, 9.17) is 19.4 Å². The lowest BCUT2D eigenvalue weighted by Crippen LogP contribution is -2.34. The molecule has 0 aliphatic carbocycles. The quantitative estimate of drug-likeness (QED) is 0.174. The maximum absolute atomic E-state index is 7.11. The van der Waals surface area contributed by atoms with E-state index in [1.54, 1.807) is 7.11 Å². The molecule has 0 radical (unpaired) electrons. The number of hydrogen-bond donors (Lipinski definition) is 0. The Bertz CT molecular complexity index is 2570. The van der Waals surface area contributed by atoms with Crippen molar-refractivity contribution in [3.8, 4) is 23.0 Å². The molecule has 0 spiro atoms. The van der Waals surface area contributed by atoms with Gasteiger partial charge in [-0.25, -0.2) is 4.98 Å². The number of ether oxygens (including phenoxy) is 2. The Morgan fingerprint density at radius 3 is 2.14 bits per heavy atom. The van der Waals surface area contributed by atoms with Gasteiger partial charge in [-0.15, -0.1) is 0 Å². The number of rotatable bonds is 5. The lowest BCUT2D eigenvalue weighted by Gasteiger charge is -2.37. The van der Waals surface area contributed by atoms with Gasteiger partial charge < -0.3 is 14.4 Å². The number of anilines is 1. The van der Waals surface area contributed by atoms with E-state index >= 15 is 0 Å². The van der Waals surface area contributed by atoms with Crippen molar-refractivity contribution in [3.05, 3.63) is 144 Å². The van der Waals surface area contributed by atoms with Crippen LogP contribution in [0.15, 0.2) is 127 Å². The van der Waals surface area contributed by atoms with Crippen molar-refractivity contribution >= 4 is 55.0 Å². The summed E-state index contributed by atoms with van der Waals surface area (Å²) in [6.07, 6.45) is 8.15. The number of methoxy groups -OCH3 is 1. The van der Waals surface area contributed by atoms with Gasteiger partial charge in [-0.2, -0.15) is 4.98 Å². The van der Waals surface area contributed by atoms with Gasteiger partial charge in [0.1, 0.15) is 5.75 Å².